The van der Waals surface area contributed by atoms with Crippen LogP contribution in [0.5, 0.6) is 0 Å². The Morgan fingerprint density at radius 2 is 1.85 bits per heavy atom. The summed E-state index contributed by atoms with van der Waals surface area (Å²) in [5.41, 5.74) is 1.57. The van der Waals surface area contributed by atoms with Crippen LogP contribution >= 0.6 is 11.8 Å². The third kappa shape index (κ3) is 4.74. The third-order valence-corrected chi connectivity index (χ3v) is 5.29. The zero-order valence-corrected chi connectivity index (χ0v) is 16.0. The molecule has 1 N–H and O–H groups in total. The number of aromatic nitrogens is 3. The maximum Gasteiger partial charge on any atom is 0.233 e. The quantitative estimate of drug-likeness (QED) is 0.634. The molecule has 0 radical (unpaired) electrons. The lowest BCUT2D eigenvalue weighted by atomic mass is 10.1. The van der Waals surface area contributed by atoms with Gasteiger partial charge in [0.05, 0.1) is 10.8 Å². The summed E-state index contributed by atoms with van der Waals surface area (Å²) in [4.78, 5) is 12.3. The van der Waals surface area contributed by atoms with Gasteiger partial charge in [-0.15, -0.1) is 10.2 Å². The molecule has 0 saturated heterocycles. The van der Waals surface area contributed by atoms with E-state index >= 15 is 0 Å². The van der Waals surface area contributed by atoms with Gasteiger partial charge in [0.25, 0.3) is 0 Å². The van der Waals surface area contributed by atoms with Crippen molar-refractivity contribution in [2.45, 2.75) is 23.8 Å². The van der Waals surface area contributed by atoms with E-state index in [0.29, 0.717) is 23.1 Å². The van der Waals surface area contributed by atoms with E-state index in [4.69, 9.17) is 0 Å². The van der Waals surface area contributed by atoms with E-state index in [-0.39, 0.29) is 17.0 Å². The van der Waals surface area contributed by atoms with Gasteiger partial charge < -0.3 is 9.88 Å². The number of carbonyl (C=O) groups excluding carboxylic acids is 1. The standard InChI is InChI=1S/C20H21FN4OS/c1-14(19(26)22-13-12-15-8-4-3-5-9-15)27-20-24-23-18(25(20)2)16-10-6-7-11-17(16)21/h3-11,14H,12-13H2,1-2H3,(H,22,26). The molecule has 140 valence electrons. The molecular weight excluding hydrogens is 363 g/mol. The van der Waals surface area contributed by atoms with Crippen LogP contribution in [0.2, 0.25) is 0 Å². The second-order valence-corrected chi connectivity index (χ2v) is 7.44. The number of hydrogen-bond donors (Lipinski definition) is 1. The lowest BCUT2D eigenvalue weighted by molar-refractivity contribution is -0.120. The highest BCUT2D eigenvalue weighted by Crippen LogP contribution is 2.26. The number of thioether (sulfide) groups is 1. The predicted octanol–water partition coefficient (Wildman–Crippen LogP) is 3.46. The van der Waals surface area contributed by atoms with Crippen LogP contribution in [0.25, 0.3) is 11.4 Å². The summed E-state index contributed by atoms with van der Waals surface area (Å²) in [7, 11) is 1.77. The fraction of sp³-hybridized carbons (Fsp3) is 0.250. The van der Waals surface area contributed by atoms with E-state index in [2.05, 4.69) is 15.5 Å². The predicted molar refractivity (Wildman–Crippen MR) is 105 cm³/mol. The van der Waals surface area contributed by atoms with Gasteiger partial charge in [-0.2, -0.15) is 0 Å². The Kier molecular flexibility index (Phi) is 6.24. The number of amides is 1. The monoisotopic (exact) mass is 384 g/mol. The maximum absolute atomic E-state index is 14.0. The van der Waals surface area contributed by atoms with Crippen molar-refractivity contribution in [3.05, 3.63) is 66.0 Å². The van der Waals surface area contributed by atoms with E-state index in [0.717, 1.165) is 6.42 Å². The summed E-state index contributed by atoms with van der Waals surface area (Å²) in [5, 5.41) is 11.4. The van der Waals surface area contributed by atoms with Crippen LogP contribution in [0.15, 0.2) is 59.8 Å². The topological polar surface area (TPSA) is 59.8 Å². The molecule has 0 fully saturated rings. The number of benzene rings is 2. The van der Waals surface area contributed by atoms with Gasteiger partial charge in [0.1, 0.15) is 5.82 Å². The van der Waals surface area contributed by atoms with E-state index in [1.807, 2.05) is 37.3 Å². The minimum Gasteiger partial charge on any atom is -0.355 e. The number of rotatable bonds is 7. The van der Waals surface area contributed by atoms with Crippen LogP contribution in [-0.4, -0.2) is 32.5 Å². The maximum atomic E-state index is 14.0. The first-order chi connectivity index (χ1) is 13.1. The van der Waals surface area contributed by atoms with Crippen molar-refractivity contribution in [3.8, 4) is 11.4 Å². The normalized spacial score (nSPS) is 12.0. The second-order valence-electron chi connectivity index (χ2n) is 6.13. The molecule has 0 aliphatic carbocycles. The second kappa shape index (κ2) is 8.81. The average molecular weight is 384 g/mol. The van der Waals surface area contributed by atoms with Gasteiger partial charge >= 0.3 is 0 Å². The van der Waals surface area contributed by atoms with Crippen LogP contribution in [-0.2, 0) is 18.3 Å². The highest BCUT2D eigenvalue weighted by Gasteiger charge is 2.20. The van der Waals surface area contributed by atoms with E-state index in [1.54, 1.807) is 29.8 Å². The van der Waals surface area contributed by atoms with Crippen molar-refractivity contribution in [2.24, 2.45) is 7.05 Å². The molecular formula is C20H21FN4OS. The number of hydrogen-bond acceptors (Lipinski definition) is 4. The molecule has 1 unspecified atom stereocenters. The number of carbonyl (C=O) groups is 1. The smallest absolute Gasteiger partial charge is 0.233 e. The fourth-order valence-electron chi connectivity index (χ4n) is 2.62. The fourth-order valence-corrected chi connectivity index (χ4v) is 3.46. The number of halogens is 1. The van der Waals surface area contributed by atoms with Crippen LogP contribution in [0, 0.1) is 5.82 Å². The molecule has 0 aliphatic heterocycles. The Hall–Kier alpha value is -2.67. The van der Waals surface area contributed by atoms with Gasteiger partial charge in [-0.05, 0) is 31.0 Å². The number of nitrogens with one attached hydrogen (secondary N) is 1. The average Bonchev–Trinajstić information content (AvgIpc) is 3.03. The Morgan fingerprint density at radius 1 is 1.15 bits per heavy atom. The first-order valence-electron chi connectivity index (χ1n) is 8.69. The summed E-state index contributed by atoms with van der Waals surface area (Å²) < 4.78 is 15.7. The summed E-state index contributed by atoms with van der Waals surface area (Å²) in [6.07, 6.45) is 0.783. The molecule has 0 spiro atoms. The lowest BCUT2D eigenvalue weighted by Crippen LogP contribution is -2.32. The highest BCUT2D eigenvalue weighted by molar-refractivity contribution is 8.00. The molecule has 1 aromatic heterocycles. The Balaban J connectivity index is 1.58. The third-order valence-electron chi connectivity index (χ3n) is 4.16. The molecule has 3 aromatic rings. The molecule has 0 aliphatic rings. The van der Waals surface area contributed by atoms with Crippen molar-refractivity contribution in [1.82, 2.24) is 20.1 Å². The minimum atomic E-state index is -0.351. The zero-order chi connectivity index (χ0) is 19.2. The van der Waals surface area contributed by atoms with Crippen molar-refractivity contribution in [3.63, 3.8) is 0 Å². The molecule has 1 amide bonds. The van der Waals surface area contributed by atoms with Gasteiger partial charge in [-0.3, -0.25) is 4.79 Å². The number of nitrogens with zero attached hydrogens (tertiary/aromatic N) is 3. The van der Waals surface area contributed by atoms with Crippen LogP contribution in [0.1, 0.15) is 12.5 Å². The van der Waals surface area contributed by atoms with Gasteiger partial charge in [-0.25, -0.2) is 4.39 Å². The van der Waals surface area contributed by atoms with Crippen molar-refractivity contribution in [2.75, 3.05) is 6.54 Å². The van der Waals surface area contributed by atoms with E-state index < -0.39 is 0 Å². The molecule has 3 rings (SSSR count). The van der Waals surface area contributed by atoms with Gasteiger partial charge in [0.2, 0.25) is 5.91 Å². The first-order valence-corrected chi connectivity index (χ1v) is 9.57. The summed E-state index contributed by atoms with van der Waals surface area (Å²) in [6, 6.07) is 16.4. The molecule has 5 nitrogen and oxygen atoms in total. The summed E-state index contributed by atoms with van der Waals surface area (Å²) in [6.45, 7) is 2.40. The van der Waals surface area contributed by atoms with E-state index in [1.165, 1.54) is 23.4 Å². The van der Waals surface area contributed by atoms with Gasteiger partial charge in [0, 0.05) is 13.6 Å². The van der Waals surface area contributed by atoms with Gasteiger partial charge in [0.15, 0.2) is 11.0 Å². The Labute approximate surface area is 162 Å². The molecule has 27 heavy (non-hydrogen) atoms. The zero-order valence-electron chi connectivity index (χ0n) is 15.2. The van der Waals surface area contributed by atoms with Crippen molar-refractivity contribution < 1.29 is 9.18 Å². The first kappa shape index (κ1) is 19.1. The van der Waals surface area contributed by atoms with Crippen molar-refractivity contribution in [1.29, 1.82) is 0 Å². The Morgan fingerprint density at radius 3 is 2.59 bits per heavy atom. The largest absolute Gasteiger partial charge is 0.355 e. The molecule has 2 aromatic carbocycles. The van der Waals surface area contributed by atoms with Crippen LogP contribution in [0.4, 0.5) is 4.39 Å². The lowest BCUT2D eigenvalue weighted by Gasteiger charge is -2.12. The molecule has 0 bridgehead atoms. The SMILES string of the molecule is CC(Sc1nnc(-c2ccccc2F)n1C)C(=O)NCCc1ccccc1. The molecule has 1 heterocycles. The minimum absolute atomic E-state index is 0.0635. The highest BCUT2D eigenvalue weighted by atomic mass is 32.2. The van der Waals surface area contributed by atoms with Gasteiger partial charge in [-0.1, -0.05) is 54.2 Å². The van der Waals surface area contributed by atoms with Crippen LogP contribution < -0.4 is 5.32 Å². The summed E-state index contributed by atoms with van der Waals surface area (Å²) in [5.74, 6) is 0.0231. The molecule has 0 saturated carbocycles. The molecule has 7 heteroatoms. The summed E-state index contributed by atoms with van der Waals surface area (Å²) >= 11 is 1.30. The van der Waals surface area contributed by atoms with Crippen molar-refractivity contribution >= 4 is 17.7 Å². The Bertz CT molecular complexity index is 913. The molecule has 1 atom stereocenters. The van der Waals surface area contributed by atoms with E-state index in [9.17, 15) is 9.18 Å². The van der Waals surface area contributed by atoms with Crippen LogP contribution in [0.3, 0.4) is 0 Å².